The van der Waals surface area contributed by atoms with Gasteiger partial charge in [0, 0.05) is 18.2 Å². The van der Waals surface area contributed by atoms with Gasteiger partial charge in [-0.2, -0.15) is 5.10 Å². The summed E-state index contributed by atoms with van der Waals surface area (Å²) in [4.78, 5) is 0. The van der Waals surface area contributed by atoms with Crippen LogP contribution in [0.25, 0.3) is 11.3 Å². The molecule has 1 heterocycles. The smallest absolute Gasteiger partial charge is 0.135 e. The summed E-state index contributed by atoms with van der Waals surface area (Å²) in [7, 11) is 0. The van der Waals surface area contributed by atoms with E-state index in [0.29, 0.717) is 18.3 Å². The molecule has 0 fully saturated rings. The first-order valence-electron chi connectivity index (χ1n) is 5.79. The summed E-state index contributed by atoms with van der Waals surface area (Å²) in [5, 5.41) is 9.71. The fourth-order valence-electron chi connectivity index (χ4n) is 1.71. The minimum Gasteiger partial charge on any atom is -0.310 e. The molecular formula is C13H15F2N3. The fraction of sp³-hybridized carbons (Fsp3) is 0.308. The summed E-state index contributed by atoms with van der Waals surface area (Å²) in [6, 6.07) is 4.10. The Morgan fingerprint density at radius 1 is 1.28 bits per heavy atom. The third kappa shape index (κ3) is 2.56. The van der Waals surface area contributed by atoms with Crippen LogP contribution in [0, 0.1) is 11.6 Å². The molecule has 1 aromatic heterocycles. The monoisotopic (exact) mass is 251 g/mol. The highest BCUT2D eigenvalue weighted by Gasteiger charge is 2.16. The van der Waals surface area contributed by atoms with Gasteiger partial charge in [0.15, 0.2) is 0 Å². The largest absolute Gasteiger partial charge is 0.310 e. The number of H-pyrrole nitrogens is 1. The van der Waals surface area contributed by atoms with Crippen LogP contribution < -0.4 is 5.32 Å². The lowest BCUT2D eigenvalue weighted by Crippen LogP contribution is -2.21. The second-order valence-corrected chi connectivity index (χ2v) is 4.40. The van der Waals surface area contributed by atoms with E-state index in [0.717, 1.165) is 5.56 Å². The van der Waals surface area contributed by atoms with Crippen LogP contribution in [0.3, 0.4) is 0 Å². The van der Waals surface area contributed by atoms with Gasteiger partial charge in [-0.05, 0) is 12.1 Å². The lowest BCUT2D eigenvalue weighted by Gasteiger charge is -2.09. The number of hydrogen-bond donors (Lipinski definition) is 2. The van der Waals surface area contributed by atoms with Crippen LogP contribution >= 0.6 is 0 Å². The maximum Gasteiger partial charge on any atom is 0.135 e. The van der Waals surface area contributed by atoms with Crippen LogP contribution in [0.15, 0.2) is 24.4 Å². The highest BCUT2D eigenvalue weighted by Crippen LogP contribution is 2.26. The Balaban J connectivity index is 2.36. The van der Waals surface area contributed by atoms with Crippen molar-refractivity contribution in [1.82, 2.24) is 15.5 Å². The molecule has 2 N–H and O–H groups in total. The molecular weight excluding hydrogens is 236 g/mol. The Morgan fingerprint density at radius 2 is 1.94 bits per heavy atom. The molecule has 0 atom stereocenters. The number of nitrogens with one attached hydrogen (secondary N) is 2. The van der Waals surface area contributed by atoms with Gasteiger partial charge in [0.25, 0.3) is 0 Å². The van der Waals surface area contributed by atoms with Crippen molar-refractivity contribution < 1.29 is 8.78 Å². The molecule has 0 aliphatic heterocycles. The van der Waals surface area contributed by atoms with Crippen LogP contribution in [0.4, 0.5) is 8.78 Å². The van der Waals surface area contributed by atoms with Crippen molar-refractivity contribution in [3.8, 4) is 11.3 Å². The van der Waals surface area contributed by atoms with Crippen molar-refractivity contribution in [2.75, 3.05) is 0 Å². The Morgan fingerprint density at radius 3 is 2.56 bits per heavy atom. The predicted octanol–water partition coefficient (Wildman–Crippen LogP) is 2.85. The van der Waals surface area contributed by atoms with Crippen molar-refractivity contribution >= 4 is 0 Å². The number of aromatic amines is 1. The molecule has 2 aromatic rings. The molecule has 0 spiro atoms. The third-order valence-corrected chi connectivity index (χ3v) is 2.63. The molecule has 5 heteroatoms. The van der Waals surface area contributed by atoms with Crippen LogP contribution in [0.1, 0.15) is 19.4 Å². The van der Waals surface area contributed by atoms with E-state index in [1.807, 2.05) is 13.8 Å². The first kappa shape index (κ1) is 12.7. The van der Waals surface area contributed by atoms with E-state index in [1.54, 1.807) is 6.20 Å². The van der Waals surface area contributed by atoms with Crippen LogP contribution in [-0.4, -0.2) is 16.2 Å². The standard InChI is InChI=1S/C13H15F2N3/c1-8(2)16-6-9-7-17-18-13(9)12-10(14)4-3-5-11(12)15/h3-5,7-8,16H,6H2,1-2H3,(H,17,18). The van der Waals surface area contributed by atoms with Gasteiger partial charge in [0.05, 0.1) is 17.5 Å². The summed E-state index contributed by atoms with van der Waals surface area (Å²) in [5.41, 5.74) is 1.07. The molecule has 18 heavy (non-hydrogen) atoms. The number of hydrogen-bond acceptors (Lipinski definition) is 2. The van der Waals surface area contributed by atoms with Gasteiger partial charge in [-0.1, -0.05) is 19.9 Å². The number of halogens is 2. The highest BCUT2D eigenvalue weighted by molar-refractivity contribution is 5.64. The topological polar surface area (TPSA) is 40.7 Å². The maximum absolute atomic E-state index is 13.7. The molecule has 0 saturated heterocycles. The first-order valence-corrected chi connectivity index (χ1v) is 5.79. The van der Waals surface area contributed by atoms with Gasteiger partial charge in [-0.15, -0.1) is 0 Å². The molecule has 0 radical (unpaired) electrons. The third-order valence-electron chi connectivity index (χ3n) is 2.63. The van der Waals surface area contributed by atoms with Crippen molar-refractivity contribution in [3.63, 3.8) is 0 Å². The van der Waals surface area contributed by atoms with E-state index in [9.17, 15) is 8.78 Å². The summed E-state index contributed by atoms with van der Waals surface area (Å²) < 4.78 is 27.4. The Hall–Kier alpha value is -1.75. The Labute approximate surface area is 104 Å². The van der Waals surface area contributed by atoms with Gasteiger partial charge in [0.2, 0.25) is 0 Å². The highest BCUT2D eigenvalue weighted by atomic mass is 19.1. The lowest BCUT2D eigenvalue weighted by atomic mass is 10.1. The normalized spacial score (nSPS) is 11.2. The summed E-state index contributed by atoms with van der Waals surface area (Å²) in [6.45, 7) is 4.52. The second kappa shape index (κ2) is 5.27. The van der Waals surface area contributed by atoms with E-state index in [2.05, 4.69) is 15.5 Å². The van der Waals surface area contributed by atoms with Crippen LogP contribution in [0.2, 0.25) is 0 Å². The molecule has 0 bridgehead atoms. The molecule has 0 saturated carbocycles. The zero-order valence-electron chi connectivity index (χ0n) is 10.3. The molecule has 3 nitrogen and oxygen atoms in total. The zero-order chi connectivity index (χ0) is 13.1. The molecule has 0 aliphatic carbocycles. The average Bonchev–Trinajstić information content (AvgIpc) is 2.74. The van der Waals surface area contributed by atoms with E-state index < -0.39 is 11.6 Å². The number of rotatable bonds is 4. The molecule has 0 unspecified atom stereocenters. The zero-order valence-corrected chi connectivity index (χ0v) is 10.3. The molecule has 96 valence electrons. The maximum atomic E-state index is 13.7. The second-order valence-electron chi connectivity index (χ2n) is 4.40. The van der Waals surface area contributed by atoms with Gasteiger partial charge in [0.1, 0.15) is 11.6 Å². The average molecular weight is 251 g/mol. The summed E-state index contributed by atoms with van der Waals surface area (Å²) >= 11 is 0. The van der Waals surface area contributed by atoms with E-state index in [1.165, 1.54) is 18.2 Å². The van der Waals surface area contributed by atoms with Gasteiger partial charge >= 0.3 is 0 Å². The van der Waals surface area contributed by atoms with Crippen molar-refractivity contribution in [2.45, 2.75) is 26.4 Å². The first-order chi connectivity index (χ1) is 8.59. The minimum absolute atomic E-state index is 0.0597. The minimum atomic E-state index is -0.593. The number of nitrogens with zero attached hydrogens (tertiary/aromatic N) is 1. The van der Waals surface area contributed by atoms with Crippen LogP contribution in [-0.2, 0) is 6.54 Å². The summed E-state index contributed by atoms with van der Waals surface area (Å²) in [6.07, 6.45) is 1.58. The van der Waals surface area contributed by atoms with Crippen molar-refractivity contribution in [1.29, 1.82) is 0 Å². The van der Waals surface area contributed by atoms with Gasteiger partial charge in [-0.3, -0.25) is 5.10 Å². The number of aromatic nitrogens is 2. The van der Waals surface area contributed by atoms with E-state index in [-0.39, 0.29) is 5.56 Å². The van der Waals surface area contributed by atoms with E-state index in [4.69, 9.17) is 0 Å². The van der Waals surface area contributed by atoms with Crippen LogP contribution in [0.5, 0.6) is 0 Å². The quantitative estimate of drug-likeness (QED) is 0.877. The van der Waals surface area contributed by atoms with Gasteiger partial charge < -0.3 is 5.32 Å². The molecule has 2 rings (SSSR count). The predicted molar refractivity (Wildman–Crippen MR) is 65.9 cm³/mol. The van der Waals surface area contributed by atoms with Gasteiger partial charge in [-0.25, -0.2) is 8.78 Å². The fourth-order valence-corrected chi connectivity index (χ4v) is 1.71. The lowest BCUT2D eigenvalue weighted by molar-refractivity contribution is 0.582. The Bertz CT molecular complexity index is 515. The molecule has 0 aliphatic rings. The van der Waals surface area contributed by atoms with Crippen molar-refractivity contribution in [2.24, 2.45) is 0 Å². The Kier molecular flexibility index (Phi) is 3.72. The SMILES string of the molecule is CC(C)NCc1cn[nH]c1-c1c(F)cccc1F. The van der Waals surface area contributed by atoms with Crippen molar-refractivity contribution in [3.05, 3.63) is 41.6 Å². The number of benzene rings is 1. The molecule has 0 amide bonds. The molecule has 1 aromatic carbocycles. The van der Waals surface area contributed by atoms with E-state index >= 15 is 0 Å². The summed E-state index contributed by atoms with van der Waals surface area (Å²) in [5.74, 6) is -1.19.